The van der Waals surface area contributed by atoms with Crippen LogP contribution in [0.15, 0.2) is 42.1 Å². The van der Waals surface area contributed by atoms with Crippen molar-refractivity contribution in [2.45, 2.75) is 19.4 Å². The van der Waals surface area contributed by atoms with Gasteiger partial charge in [-0.15, -0.1) is 0 Å². The Morgan fingerprint density at radius 2 is 2.07 bits per heavy atom. The molecule has 10 heteroatoms. The summed E-state index contributed by atoms with van der Waals surface area (Å²) in [6, 6.07) is 1.96. The molecule has 2 aromatic rings. The lowest BCUT2D eigenvalue weighted by molar-refractivity contribution is 0.0704. The normalized spacial score (nSPS) is 17.2. The third-order valence-corrected chi connectivity index (χ3v) is 5.31. The number of benzene rings is 1. The zero-order chi connectivity index (χ0) is 19.7. The molecular weight excluding hydrogens is 394 g/mol. The molecule has 1 aromatic heterocycles. The molecule has 0 aliphatic carbocycles. The number of rotatable bonds is 3. The van der Waals surface area contributed by atoms with E-state index in [0.717, 1.165) is 6.07 Å². The van der Waals surface area contributed by atoms with Gasteiger partial charge in [0.2, 0.25) is 0 Å². The van der Waals surface area contributed by atoms with Crippen LogP contribution in [-0.4, -0.2) is 33.4 Å². The number of aromatic nitrogens is 2. The monoisotopic (exact) mass is 410 g/mol. The van der Waals surface area contributed by atoms with Gasteiger partial charge in [0.1, 0.15) is 5.82 Å². The Labute approximate surface area is 165 Å². The number of nitrogens with two attached hydrogens (primary N) is 2. The van der Waals surface area contributed by atoms with Gasteiger partial charge in [-0.2, -0.15) is 0 Å². The van der Waals surface area contributed by atoms with Crippen molar-refractivity contribution in [2.75, 3.05) is 11.6 Å². The second kappa shape index (κ2) is 7.67. The number of hydrogen-bond acceptors (Lipinski definition) is 6. The molecule has 2 heterocycles. The van der Waals surface area contributed by atoms with Crippen LogP contribution in [0.1, 0.15) is 23.7 Å². The van der Waals surface area contributed by atoms with E-state index in [1.807, 2.05) is 0 Å². The molecular formula is C17H17Cl2FN6O. The second-order valence-corrected chi connectivity index (χ2v) is 6.74. The van der Waals surface area contributed by atoms with E-state index in [0.29, 0.717) is 30.2 Å². The maximum absolute atomic E-state index is 13.5. The van der Waals surface area contributed by atoms with E-state index in [2.05, 4.69) is 9.97 Å². The molecule has 1 aliphatic rings. The number of hydrazine groups is 1. The Morgan fingerprint density at radius 3 is 2.74 bits per heavy atom. The number of nitrogens with zero attached hydrogens (tertiary/aromatic N) is 4. The molecule has 3 rings (SSSR count). The third kappa shape index (κ3) is 3.55. The first-order valence-electron chi connectivity index (χ1n) is 8.06. The summed E-state index contributed by atoms with van der Waals surface area (Å²) in [6.07, 6.45) is 4.98. The molecule has 1 amide bonds. The quantitative estimate of drug-likeness (QED) is 0.458. The maximum atomic E-state index is 13.5. The van der Waals surface area contributed by atoms with Gasteiger partial charge in [0.05, 0.1) is 39.2 Å². The first-order chi connectivity index (χ1) is 12.8. The molecule has 0 bridgehead atoms. The van der Waals surface area contributed by atoms with Crippen molar-refractivity contribution in [3.63, 3.8) is 0 Å². The van der Waals surface area contributed by atoms with Gasteiger partial charge in [0, 0.05) is 25.4 Å². The average molecular weight is 411 g/mol. The minimum Gasteiger partial charge on any atom is -0.399 e. The number of hydrogen-bond donors (Lipinski definition) is 2. The molecule has 4 N–H and O–H groups in total. The smallest absolute Gasteiger partial charge is 0.255 e. The van der Waals surface area contributed by atoms with Crippen molar-refractivity contribution in [1.82, 2.24) is 14.9 Å². The lowest BCUT2D eigenvalue weighted by atomic mass is 10.0. The van der Waals surface area contributed by atoms with Gasteiger partial charge in [-0.05, 0) is 19.1 Å². The van der Waals surface area contributed by atoms with Gasteiger partial charge in [0.15, 0.2) is 5.82 Å². The van der Waals surface area contributed by atoms with Gasteiger partial charge in [-0.3, -0.25) is 14.8 Å². The number of amides is 1. The van der Waals surface area contributed by atoms with Crippen molar-refractivity contribution < 1.29 is 9.18 Å². The summed E-state index contributed by atoms with van der Waals surface area (Å²) in [5, 5.41) is 0.956. The fraction of sp³-hybridized carbons (Fsp3) is 0.235. The highest BCUT2D eigenvalue weighted by atomic mass is 35.5. The fourth-order valence-electron chi connectivity index (χ4n) is 2.91. The van der Waals surface area contributed by atoms with E-state index < -0.39 is 11.9 Å². The summed E-state index contributed by atoms with van der Waals surface area (Å²) in [5.41, 5.74) is 7.44. The van der Waals surface area contributed by atoms with Crippen molar-refractivity contribution >= 4 is 34.9 Å². The largest absolute Gasteiger partial charge is 0.399 e. The molecule has 27 heavy (non-hydrogen) atoms. The SMILES string of the molecule is CC1C(N)=C(N(N)c2cnccn2)CCN1C(=O)c1ccc(F)c(Cl)c1Cl. The molecule has 1 aromatic carbocycles. The fourth-order valence-corrected chi connectivity index (χ4v) is 3.31. The first kappa shape index (κ1) is 19.3. The van der Waals surface area contributed by atoms with Crippen molar-refractivity contribution in [1.29, 1.82) is 0 Å². The van der Waals surface area contributed by atoms with Crippen LogP contribution < -0.4 is 16.6 Å². The number of halogens is 3. The third-order valence-electron chi connectivity index (χ3n) is 4.45. The number of carbonyl (C=O) groups is 1. The molecule has 0 spiro atoms. The van der Waals surface area contributed by atoms with Crippen molar-refractivity contribution in [2.24, 2.45) is 11.6 Å². The van der Waals surface area contributed by atoms with Crippen LogP contribution in [0.3, 0.4) is 0 Å². The zero-order valence-corrected chi connectivity index (χ0v) is 15.9. The van der Waals surface area contributed by atoms with Crippen molar-refractivity contribution in [3.8, 4) is 0 Å². The van der Waals surface area contributed by atoms with E-state index in [1.54, 1.807) is 11.8 Å². The zero-order valence-electron chi connectivity index (χ0n) is 14.4. The Balaban J connectivity index is 1.88. The van der Waals surface area contributed by atoms with E-state index in [4.69, 9.17) is 34.8 Å². The van der Waals surface area contributed by atoms with Crippen LogP contribution in [-0.2, 0) is 0 Å². The van der Waals surface area contributed by atoms with Crippen LogP contribution in [0.4, 0.5) is 10.2 Å². The number of carbonyl (C=O) groups excluding carboxylic acids is 1. The Hall–Kier alpha value is -2.42. The molecule has 0 fully saturated rings. The first-order valence-corrected chi connectivity index (χ1v) is 8.82. The molecule has 0 radical (unpaired) electrons. The van der Waals surface area contributed by atoms with Crippen LogP contribution in [0.25, 0.3) is 0 Å². The number of anilines is 1. The topological polar surface area (TPSA) is 101 Å². The molecule has 0 saturated carbocycles. The summed E-state index contributed by atoms with van der Waals surface area (Å²) >= 11 is 11.9. The summed E-state index contributed by atoms with van der Waals surface area (Å²) in [7, 11) is 0. The highest BCUT2D eigenvalue weighted by molar-refractivity contribution is 6.44. The van der Waals surface area contributed by atoms with Gasteiger partial charge in [-0.25, -0.2) is 15.2 Å². The van der Waals surface area contributed by atoms with Crippen LogP contribution >= 0.6 is 23.2 Å². The Kier molecular flexibility index (Phi) is 5.50. The molecule has 0 saturated heterocycles. The minimum atomic E-state index is -0.686. The highest BCUT2D eigenvalue weighted by Crippen LogP contribution is 2.32. The van der Waals surface area contributed by atoms with Crippen molar-refractivity contribution in [3.05, 3.63) is 63.5 Å². The van der Waals surface area contributed by atoms with Crippen LogP contribution in [0.5, 0.6) is 0 Å². The lowest BCUT2D eigenvalue weighted by Crippen LogP contribution is -2.49. The highest BCUT2D eigenvalue weighted by Gasteiger charge is 2.32. The lowest BCUT2D eigenvalue weighted by Gasteiger charge is -2.37. The minimum absolute atomic E-state index is 0.115. The maximum Gasteiger partial charge on any atom is 0.255 e. The predicted molar refractivity (Wildman–Crippen MR) is 101 cm³/mol. The summed E-state index contributed by atoms with van der Waals surface area (Å²) < 4.78 is 13.5. The van der Waals surface area contributed by atoms with E-state index in [9.17, 15) is 9.18 Å². The second-order valence-electron chi connectivity index (χ2n) is 5.98. The van der Waals surface area contributed by atoms with E-state index >= 15 is 0 Å². The van der Waals surface area contributed by atoms with Gasteiger partial charge < -0.3 is 10.6 Å². The predicted octanol–water partition coefficient (Wildman–Crippen LogP) is 2.71. The Morgan fingerprint density at radius 1 is 1.33 bits per heavy atom. The Bertz CT molecular complexity index is 908. The standard InChI is InChI=1S/C17H17Cl2FN6O/c1-9-16(21)12(26(22)13-8-23-5-6-24-13)4-7-25(9)17(27)10-2-3-11(20)15(19)14(10)18/h2-3,5-6,8-9H,4,7,21-22H2,1H3. The van der Waals surface area contributed by atoms with Gasteiger partial charge in [0.25, 0.3) is 5.91 Å². The summed E-state index contributed by atoms with van der Waals surface area (Å²) in [6.45, 7) is 2.12. The van der Waals surface area contributed by atoms with Gasteiger partial charge in [-0.1, -0.05) is 23.2 Å². The summed E-state index contributed by atoms with van der Waals surface area (Å²) in [4.78, 5) is 22.6. The molecule has 1 aliphatic heterocycles. The van der Waals surface area contributed by atoms with E-state index in [-0.39, 0.29) is 21.5 Å². The molecule has 7 nitrogen and oxygen atoms in total. The average Bonchev–Trinajstić information content (AvgIpc) is 2.68. The van der Waals surface area contributed by atoms with Crippen LogP contribution in [0, 0.1) is 5.82 Å². The van der Waals surface area contributed by atoms with Crippen LogP contribution in [0.2, 0.25) is 10.0 Å². The molecule has 1 unspecified atom stereocenters. The van der Waals surface area contributed by atoms with E-state index in [1.165, 1.54) is 29.7 Å². The molecule has 1 atom stereocenters. The molecule has 142 valence electrons. The van der Waals surface area contributed by atoms with Gasteiger partial charge >= 0.3 is 0 Å². The summed E-state index contributed by atoms with van der Waals surface area (Å²) in [5.74, 6) is 5.49.